The van der Waals surface area contributed by atoms with Gasteiger partial charge >= 0.3 is 5.97 Å². The smallest absolute Gasteiger partial charge is 0.338 e. The van der Waals surface area contributed by atoms with Crippen LogP contribution in [0.4, 0.5) is 5.69 Å². The molecule has 6 heteroatoms. The van der Waals surface area contributed by atoms with Crippen molar-refractivity contribution in [2.75, 3.05) is 18.1 Å². The Morgan fingerprint density at radius 3 is 2.52 bits per heavy atom. The van der Waals surface area contributed by atoms with Crippen LogP contribution in [0.15, 0.2) is 35.9 Å². The molecule has 0 aliphatic carbocycles. The number of esters is 1. The number of nitrogens with zero attached hydrogens (tertiary/aromatic N) is 1. The number of ether oxygens (including phenoxy) is 2. The molecule has 0 saturated carbocycles. The number of carbonyl (C=O) groups is 3. The third-order valence-corrected chi connectivity index (χ3v) is 4.54. The van der Waals surface area contributed by atoms with Gasteiger partial charge in [0.25, 0.3) is 11.8 Å². The van der Waals surface area contributed by atoms with E-state index in [0.717, 1.165) is 24.3 Å². The first-order valence-corrected chi connectivity index (χ1v) is 8.43. The maximum Gasteiger partial charge on any atom is 0.338 e. The van der Waals surface area contributed by atoms with E-state index in [1.807, 2.05) is 0 Å². The van der Waals surface area contributed by atoms with Crippen molar-refractivity contribution < 1.29 is 23.9 Å². The highest BCUT2D eigenvalue weighted by Gasteiger charge is 2.30. The number of carbonyl (C=O) groups excluding carboxylic acids is 3. The van der Waals surface area contributed by atoms with E-state index in [-0.39, 0.29) is 17.9 Å². The first-order valence-electron chi connectivity index (χ1n) is 8.43. The zero-order chi connectivity index (χ0) is 18.0. The Balaban J connectivity index is 1.51. The van der Waals surface area contributed by atoms with Gasteiger partial charge in [-0.25, -0.2) is 9.69 Å². The molecule has 25 heavy (non-hydrogen) atoms. The van der Waals surface area contributed by atoms with Gasteiger partial charge in [0.15, 0.2) is 0 Å². The van der Waals surface area contributed by atoms with Crippen molar-refractivity contribution in [3.63, 3.8) is 0 Å². The van der Waals surface area contributed by atoms with Crippen LogP contribution in [0.25, 0.3) is 0 Å². The molecule has 2 atom stereocenters. The van der Waals surface area contributed by atoms with Crippen molar-refractivity contribution >= 4 is 23.5 Å². The van der Waals surface area contributed by atoms with Crippen LogP contribution in [-0.2, 0) is 19.1 Å². The molecule has 1 saturated heterocycles. The van der Waals surface area contributed by atoms with Crippen LogP contribution in [-0.4, -0.2) is 37.1 Å². The first kappa shape index (κ1) is 17.4. The Kier molecular flexibility index (Phi) is 4.99. The van der Waals surface area contributed by atoms with Crippen molar-refractivity contribution in [1.29, 1.82) is 0 Å². The summed E-state index contributed by atoms with van der Waals surface area (Å²) in [6.07, 6.45) is 3.24. The fraction of sp³-hybridized carbons (Fsp3) is 0.421. The second kappa shape index (κ2) is 7.19. The van der Waals surface area contributed by atoms with Crippen LogP contribution in [0.5, 0.6) is 0 Å². The number of anilines is 1. The van der Waals surface area contributed by atoms with Crippen LogP contribution in [0.2, 0.25) is 0 Å². The summed E-state index contributed by atoms with van der Waals surface area (Å²) in [7, 11) is 0. The van der Waals surface area contributed by atoms with E-state index < -0.39 is 5.97 Å². The quantitative estimate of drug-likeness (QED) is 0.451. The molecule has 3 rings (SSSR count). The fourth-order valence-electron chi connectivity index (χ4n) is 2.90. The molecule has 0 N–H and O–H groups in total. The topological polar surface area (TPSA) is 72.9 Å². The van der Waals surface area contributed by atoms with Crippen LogP contribution in [0.1, 0.15) is 37.0 Å². The van der Waals surface area contributed by atoms with Gasteiger partial charge in [-0.1, -0.05) is 6.92 Å². The van der Waals surface area contributed by atoms with Gasteiger partial charge in [0.1, 0.15) is 0 Å². The monoisotopic (exact) mass is 343 g/mol. The van der Waals surface area contributed by atoms with Gasteiger partial charge in [0.2, 0.25) is 0 Å². The normalized spacial score (nSPS) is 22.6. The van der Waals surface area contributed by atoms with E-state index in [0.29, 0.717) is 29.3 Å². The van der Waals surface area contributed by atoms with Crippen molar-refractivity contribution in [2.45, 2.75) is 32.8 Å². The Hall–Kier alpha value is -2.47. The molecule has 2 aliphatic heterocycles. The van der Waals surface area contributed by atoms with E-state index in [1.54, 1.807) is 31.2 Å². The Labute approximate surface area is 146 Å². The lowest BCUT2D eigenvalue weighted by molar-refractivity contribution is -0.120. The minimum absolute atomic E-state index is 0.283. The van der Waals surface area contributed by atoms with Crippen molar-refractivity contribution in [2.24, 2.45) is 5.92 Å². The number of hydrogen-bond acceptors (Lipinski definition) is 5. The first-order chi connectivity index (χ1) is 12.0. The van der Waals surface area contributed by atoms with Crippen molar-refractivity contribution in [1.82, 2.24) is 0 Å². The Morgan fingerprint density at radius 2 is 2.00 bits per heavy atom. The van der Waals surface area contributed by atoms with E-state index in [2.05, 4.69) is 6.92 Å². The van der Waals surface area contributed by atoms with Gasteiger partial charge in [-0.3, -0.25) is 9.59 Å². The summed E-state index contributed by atoms with van der Waals surface area (Å²) in [6.45, 7) is 4.91. The molecule has 1 aromatic rings. The molecule has 0 radical (unpaired) electrons. The summed E-state index contributed by atoms with van der Waals surface area (Å²) in [4.78, 5) is 36.9. The highest BCUT2D eigenvalue weighted by Crippen LogP contribution is 2.24. The molecule has 6 nitrogen and oxygen atoms in total. The molecule has 1 aromatic carbocycles. The van der Waals surface area contributed by atoms with Crippen LogP contribution in [0.3, 0.4) is 0 Å². The molecular formula is C19H21NO5. The second-order valence-electron chi connectivity index (χ2n) is 6.48. The average Bonchev–Trinajstić information content (AvgIpc) is 2.85. The summed E-state index contributed by atoms with van der Waals surface area (Å²) in [5, 5.41) is 0. The molecule has 0 aromatic heterocycles. The van der Waals surface area contributed by atoms with Gasteiger partial charge < -0.3 is 9.47 Å². The van der Waals surface area contributed by atoms with Crippen molar-refractivity contribution in [3.05, 3.63) is 41.5 Å². The van der Waals surface area contributed by atoms with E-state index >= 15 is 0 Å². The highest BCUT2D eigenvalue weighted by molar-refractivity contribution is 6.30. The molecule has 2 amide bonds. The molecule has 0 spiro atoms. The number of benzene rings is 1. The maximum atomic E-state index is 12.0. The molecule has 2 aliphatic rings. The summed E-state index contributed by atoms with van der Waals surface area (Å²) in [6, 6.07) is 6.26. The molecule has 2 unspecified atom stereocenters. The zero-order valence-electron chi connectivity index (χ0n) is 14.4. The van der Waals surface area contributed by atoms with E-state index in [4.69, 9.17) is 9.47 Å². The van der Waals surface area contributed by atoms with Crippen LogP contribution in [0, 0.1) is 5.92 Å². The van der Waals surface area contributed by atoms with Gasteiger partial charge in [0.05, 0.1) is 30.6 Å². The summed E-state index contributed by atoms with van der Waals surface area (Å²) >= 11 is 0. The molecule has 1 fully saturated rings. The van der Waals surface area contributed by atoms with Gasteiger partial charge in [-0.2, -0.15) is 0 Å². The number of rotatable bonds is 6. The Bertz CT molecular complexity index is 722. The van der Waals surface area contributed by atoms with Crippen molar-refractivity contribution in [3.8, 4) is 0 Å². The third-order valence-electron chi connectivity index (χ3n) is 4.54. The molecule has 2 heterocycles. The summed E-state index contributed by atoms with van der Waals surface area (Å²) in [5.74, 6) is -0.544. The summed E-state index contributed by atoms with van der Waals surface area (Å²) in [5.41, 5.74) is 1.23. The van der Waals surface area contributed by atoms with Crippen LogP contribution >= 0.6 is 0 Å². The predicted octanol–water partition coefficient (Wildman–Crippen LogP) is 2.48. The van der Waals surface area contributed by atoms with E-state index in [1.165, 1.54) is 6.08 Å². The molecular weight excluding hydrogens is 322 g/mol. The van der Waals surface area contributed by atoms with E-state index in [9.17, 15) is 14.4 Å². The van der Waals surface area contributed by atoms with Gasteiger partial charge in [-0.15, -0.1) is 0 Å². The number of amides is 2. The fourth-order valence-corrected chi connectivity index (χ4v) is 2.90. The van der Waals surface area contributed by atoms with Gasteiger partial charge in [-0.05, 0) is 44.0 Å². The lowest BCUT2D eigenvalue weighted by Gasteiger charge is -2.34. The maximum absolute atomic E-state index is 12.0. The SMILES string of the molecule is CC1=CC(=O)N(c2ccc(C(=O)OCCCC3OCC3C)cc2)C1=O. The third kappa shape index (κ3) is 3.64. The largest absolute Gasteiger partial charge is 0.462 e. The lowest BCUT2D eigenvalue weighted by Crippen LogP contribution is -2.37. The minimum atomic E-state index is -0.414. The average molecular weight is 343 g/mol. The number of imide groups is 1. The summed E-state index contributed by atoms with van der Waals surface area (Å²) < 4.78 is 10.7. The standard InChI is InChI=1S/C19H21NO5/c1-12-10-17(21)20(18(12)22)15-7-5-14(6-8-15)19(23)24-9-3-4-16-13(2)11-25-16/h5-8,10,13,16H,3-4,9,11H2,1-2H3. The predicted molar refractivity (Wildman–Crippen MR) is 91.1 cm³/mol. The highest BCUT2D eigenvalue weighted by atomic mass is 16.5. The molecule has 0 bridgehead atoms. The second-order valence-corrected chi connectivity index (χ2v) is 6.48. The minimum Gasteiger partial charge on any atom is -0.462 e. The molecule has 132 valence electrons. The Morgan fingerprint density at radius 1 is 1.28 bits per heavy atom. The zero-order valence-corrected chi connectivity index (χ0v) is 14.4. The lowest BCUT2D eigenvalue weighted by atomic mass is 9.96. The van der Waals surface area contributed by atoms with Crippen LogP contribution < -0.4 is 4.90 Å². The number of hydrogen-bond donors (Lipinski definition) is 0. The van der Waals surface area contributed by atoms with Gasteiger partial charge in [0, 0.05) is 17.6 Å².